The summed E-state index contributed by atoms with van der Waals surface area (Å²) in [5.41, 5.74) is 1.08. The van der Waals surface area contributed by atoms with E-state index < -0.39 is 0 Å². The SMILES string of the molecule is CC(C)Oc1ccc(C(C)NC(=O)CCc2cccs2)cc1. The molecular weight excluding hydrogens is 294 g/mol. The fourth-order valence-electron chi connectivity index (χ4n) is 2.20. The Balaban J connectivity index is 1.83. The molecule has 4 heteroatoms. The number of rotatable bonds is 7. The van der Waals surface area contributed by atoms with Crippen molar-refractivity contribution in [1.29, 1.82) is 0 Å². The van der Waals surface area contributed by atoms with Gasteiger partial charge in [0.05, 0.1) is 12.1 Å². The maximum absolute atomic E-state index is 12.0. The fourth-order valence-corrected chi connectivity index (χ4v) is 2.90. The van der Waals surface area contributed by atoms with E-state index in [0.717, 1.165) is 17.7 Å². The van der Waals surface area contributed by atoms with E-state index in [2.05, 4.69) is 11.4 Å². The zero-order valence-corrected chi connectivity index (χ0v) is 14.2. The molecule has 22 heavy (non-hydrogen) atoms. The average Bonchev–Trinajstić information content (AvgIpc) is 2.98. The van der Waals surface area contributed by atoms with Crippen LogP contribution >= 0.6 is 11.3 Å². The minimum atomic E-state index is 0.00364. The van der Waals surface area contributed by atoms with Crippen LogP contribution in [0.4, 0.5) is 0 Å². The van der Waals surface area contributed by atoms with E-state index in [0.29, 0.717) is 6.42 Å². The lowest BCUT2D eigenvalue weighted by Gasteiger charge is -2.15. The third-order valence-electron chi connectivity index (χ3n) is 3.31. The van der Waals surface area contributed by atoms with Crippen molar-refractivity contribution in [2.45, 2.75) is 45.8 Å². The van der Waals surface area contributed by atoms with Gasteiger partial charge in [-0.1, -0.05) is 18.2 Å². The number of thiophene rings is 1. The first-order valence-corrected chi connectivity index (χ1v) is 8.51. The van der Waals surface area contributed by atoms with E-state index in [1.54, 1.807) is 11.3 Å². The second-order valence-corrected chi connectivity index (χ2v) is 6.64. The number of nitrogens with one attached hydrogen (secondary N) is 1. The molecule has 1 N–H and O–H groups in total. The number of hydrogen-bond donors (Lipinski definition) is 1. The summed E-state index contributed by atoms with van der Waals surface area (Å²) in [6, 6.07) is 12.0. The van der Waals surface area contributed by atoms with Crippen LogP contribution in [0.1, 0.15) is 43.7 Å². The number of hydrogen-bond acceptors (Lipinski definition) is 3. The van der Waals surface area contributed by atoms with Gasteiger partial charge in [0.1, 0.15) is 5.75 Å². The molecule has 2 aromatic rings. The summed E-state index contributed by atoms with van der Waals surface area (Å²) in [4.78, 5) is 13.3. The molecule has 1 atom stereocenters. The average molecular weight is 317 g/mol. The van der Waals surface area contributed by atoms with Crippen molar-refractivity contribution < 1.29 is 9.53 Å². The molecule has 0 aliphatic heterocycles. The van der Waals surface area contributed by atoms with E-state index in [1.807, 2.05) is 56.5 Å². The highest BCUT2D eigenvalue weighted by Gasteiger charge is 2.10. The van der Waals surface area contributed by atoms with Crippen LogP contribution in [0.2, 0.25) is 0 Å². The van der Waals surface area contributed by atoms with Crippen LogP contribution in [0.3, 0.4) is 0 Å². The predicted octanol–water partition coefficient (Wildman–Crippen LogP) is 4.35. The van der Waals surface area contributed by atoms with Gasteiger partial charge in [0.15, 0.2) is 0 Å². The molecule has 1 aromatic heterocycles. The molecule has 1 aromatic carbocycles. The first kappa shape index (κ1) is 16.6. The zero-order chi connectivity index (χ0) is 15.9. The molecule has 1 heterocycles. The van der Waals surface area contributed by atoms with Crippen molar-refractivity contribution in [2.75, 3.05) is 0 Å². The van der Waals surface area contributed by atoms with Crippen molar-refractivity contribution in [3.8, 4) is 5.75 Å². The molecule has 0 saturated carbocycles. The number of aryl methyl sites for hydroxylation is 1. The minimum absolute atomic E-state index is 0.00364. The van der Waals surface area contributed by atoms with Crippen molar-refractivity contribution in [1.82, 2.24) is 5.32 Å². The fraction of sp³-hybridized carbons (Fsp3) is 0.389. The third-order valence-corrected chi connectivity index (χ3v) is 4.24. The maximum atomic E-state index is 12.0. The zero-order valence-electron chi connectivity index (χ0n) is 13.3. The van der Waals surface area contributed by atoms with E-state index in [-0.39, 0.29) is 18.1 Å². The van der Waals surface area contributed by atoms with E-state index >= 15 is 0 Å². The van der Waals surface area contributed by atoms with Crippen molar-refractivity contribution in [3.63, 3.8) is 0 Å². The van der Waals surface area contributed by atoms with Gasteiger partial charge in [-0.25, -0.2) is 0 Å². The van der Waals surface area contributed by atoms with Gasteiger partial charge in [0.25, 0.3) is 0 Å². The topological polar surface area (TPSA) is 38.3 Å². The van der Waals surface area contributed by atoms with Crippen LogP contribution in [0.5, 0.6) is 5.75 Å². The number of carbonyl (C=O) groups excluding carboxylic acids is 1. The molecule has 0 bridgehead atoms. The number of ether oxygens (including phenoxy) is 1. The molecular formula is C18H23NO2S. The van der Waals surface area contributed by atoms with Crippen LogP contribution < -0.4 is 10.1 Å². The predicted molar refractivity (Wildman–Crippen MR) is 91.4 cm³/mol. The third kappa shape index (κ3) is 5.19. The van der Waals surface area contributed by atoms with Crippen LogP contribution in [-0.2, 0) is 11.2 Å². The largest absolute Gasteiger partial charge is 0.491 e. The molecule has 0 spiro atoms. The summed E-state index contributed by atoms with van der Waals surface area (Å²) < 4.78 is 5.62. The minimum Gasteiger partial charge on any atom is -0.491 e. The Hall–Kier alpha value is -1.81. The summed E-state index contributed by atoms with van der Waals surface area (Å²) in [5, 5.41) is 5.08. The first-order chi connectivity index (χ1) is 10.5. The molecule has 1 unspecified atom stereocenters. The van der Waals surface area contributed by atoms with Crippen molar-refractivity contribution in [2.24, 2.45) is 0 Å². The Bertz CT molecular complexity index is 576. The lowest BCUT2D eigenvalue weighted by Crippen LogP contribution is -2.26. The van der Waals surface area contributed by atoms with E-state index in [9.17, 15) is 4.79 Å². The molecule has 1 amide bonds. The van der Waals surface area contributed by atoms with Gasteiger partial charge in [0.2, 0.25) is 5.91 Å². The smallest absolute Gasteiger partial charge is 0.220 e. The lowest BCUT2D eigenvalue weighted by molar-refractivity contribution is -0.121. The van der Waals surface area contributed by atoms with Gasteiger partial charge in [-0.05, 0) is 56.3 Å². The molecule has 118 valence electrons. The Morgan fingerprint density at radius 3 is 2.50 bits per heavy atom. The normalized spacial score (nSPS) is 12.2. The molecule has 0 radical (unpaired) electrons. The maximum Gasteiger partial charge on any atom is 0.220 e. The van der Waals surface area contributed by atoms with Crippen molar-refractivity contribution >= 4 is 17.2 Å². The van der Waals surface area contributed by atoms with Gasteiger partial charge in [-0.2, -0.15) is 0 Å². The van der Waals surface area contributed by atoms with Gasteiger partial charge in [-0.15, -0.1) is 11.3 Å². The van der Waals surface area contributed by atoms with E-state index in [4.69, 9.17) is 4.74 Å². The van der Waals surface area contributed by atoms with Gasteiger partial charge < -0.3 is 10.1 Å². The summed E-state index contributed by atoms with van der Waals surface area (Å²) in [5.74, 6) is 0.943. The molecule has 0 saturated heterocycles. The number of amides is 1. The molecule has 0 aliphatic rings. The molecule has 2 rings (SSSR count). The number of benzene rings is 1. The number of carbonyl (C=O) groups is 1. The molecule has 0 aliphatic carbocycles. The van der Waals surface area contributed by atoms with Gasteiger partial charge in [0, 0.05) is 11.3 Å². The summed E-state index contributed by atoms with van der Waals surface area (Å²) in [6.07, 6.45) is 1.50. The standard InChI is InChI=1S/C18H23NO2S/c1-13(2)21-16-8-6-15(7-9-16)14(3)19-18(20)11-10-17-5-4-12-22-17/h4-9,12-14H,10-11H2,1-3H3,(H,19,20). The van der Waals surface area contributed by atoms with E-state index in [1.165, 1.54) is 4.88 Å². The highest BCUT2D eigenvalue weighted by Crippen LogP contribution is 2.19. The first-order valence-electron chi connectivity index (χ1n) is 7.63. The highest BCUT2D eigenvalue weighted by molar-refractivity contribution is 7.09. The summed E-state index contributed by atoms with van der Waals surface area (Å²) in [7, 11) is 0. The quantitative estimate of drug-likeness (QED) is 0.824. The van der Waals surface area contributed by atoms with Crippen LogP contribution in [0.25, 0.3) is 0 Å². The van der Waals surface area contributed by atoms with Crippen LogP contribution in [-0.4, -0.2) is 12.0 Å². The second kappa shape index (κ2) is 7.99. The Kier molecular flexibility index (Phi) is 6.01. The Morgan fingerprint density at radius 1 is 1.18 bits per heavy atom. The van der Waals surface area contributed by atoms with Crippen molar-refractivity contribution in [3.05, 3.63) is 52.2 Å². The summed E-state index contributed by atoms with van der Waals surface area (Å²) in [6.45, 7) is 6.01. The Morgan fingerprint density at radius 2 is 1.91 bits per heavy atom. The lowest BCUT2D eigenvalue weighted by atomic mass is 10.1. The van der Waals surface area contributed by atoms with Gasteiger partial charge in [-0.3, -0.25) is 4.79 Å². The van der Waals surface area contributed by atoms with Gasteiger partial charge >= 0.3 is 0 Å². The molecule has 3 nitrogen and oxygen atoms in total. The monoisotopic (exact) mass is 317 g/mol. The molecule has 0 fully saturated rings. The summed E-state index contributed by atoms with van der Waals surface area (Å²) >= 11 is 1.69. The van der Waals surface area contributed by atoms with Crippen LogP contribution in [0, 0.1) is 0 Å². The second-order valence-electron chi connectivity index (χ2n) is 5.60. The van der Waals surface area contributed by atoms with Crippen LogP contribution in [0.15, 0.2) is 41.8 Å². The highest BCUT2D eigenvalue weighted by atomic mass is 32.1. The Labute approximate surface area is 136 Å².